The van der Waals surface area contributed by atoms with Crippen LogP contribution in [0.1, 0.15) is 16.8 Å². The van der Waals surface area contributed by atoms with Gasteiger partial charge in [-0.1, -0.05) is 0 Å². The second kappa shape index (κ2) is 5.68. The zero-order valence-electron chi connectivity index (χ0n) is 11.8. The topological polar surface area (TPSA) is 66.9 Å². The van der Waals surface area contributed by atoms with E-state index in [9.17, 15) is 13.2 Å². The van der Waals surface area contributed by atoms with Gasteiger partial charge in [0.05, 0.1) is 30.6 Å². The van der Waals surface area contributed by atoms with Crippen LogP contribution in [0.2, 0.25) is 0 Å². The molecule has 0 saturated carbocycles. The molecule has 0 spiro atoms. The van der Waals surface area contributed by atoms with Gasteiger partial charge in [0.25, 0.3) is 5.91 Å². The lowest BCUT2D eigenvalue weighted by molar-refractivity contribution is -0.0704. The number of amides is 1. The van der Waals surface area contributed by atoms with E-state index in [1.54, 1.807) is 11.0 Å². The van der Waals surface area contributed by atoms with Crippen LogP contribution < -0.4 is 0 Å². The van der Waals surface area contributed by atoms with Crippen molar-refractivity contribution < 1.29 is 17.9 Å². The van der Waals surface area contributed by atoms with E-state index in [-0.39, 0.29) is 18.1 Å². The number of carbonyl (C=O) groups is 1. The lowest BCUT2D eigenvalue weighted by Gasteiger charge is -2.45. The van der Waals surface area contributed by atoms with Crippen molar-refractivity contribution in [3.05, 3.63) is 22.4 Å². The molecule has 1 aromatic rings. The zero-order chi connectivity index (χ0) is 15.0. The van der Waals surface area contributed by atoms with E-state index in [0.717, 1.165) is 0 Å². The number of morpholine rings is 1. The van der Waals surface area contributed by atoms with Crippen LogP contribution >= 0.6 is 11.3 Å². The van der Waals surface area contributed by atoms with E-state index in [0.29, 0.717) is 38.2 Å². The third-order valence-electron chi connectivity index (χ3n) is 4.01. The van der Waals surface area contributed by atoms with Crippen molar-refractivity contribution in [3.63, 3.8) is 0 Å². The molecule has 2 saturated heterocycles. The Morgan fingerprint density at radius 1 is 1.43 bits per heavy atom. The van der Waals surface area contributed by atoms with E-state index < -0.39 is 10.0 Å². The molecule has 116 valence electrons. The number of hydrogen-bond acceptors (Lipinski definition) is 5. The fraction of sp³-hybridized carbons (Fsp3) is 0.615. The van der Waals surface area contributed by atoms with Crippen LogP contribution in [0.4, 0.5) is 0 Å². The molecule has 0 radical (unpaired) electrons. The summed E-state index contributed by atoms with van der Waals surface area (Å²) in [6, 6.07) is 1.52. The highest BCUT2D eigenvalue weighted by Gasteiger charge is 2.42. The number of ether oxygens (including phenoxy) is 1. The van der Waals surface area contributed by atoms with Crippen LogP contribution in [0.5, 0.6) is 0 Å². The Labute approximate surface area is 128 Å². The Morgan fingerprint density at radius 3 is 2.90 bits per heavy atom. The van der Waals surface area contributed by atoms with Crippen LogP contribution in [0.3, 0.4) is 0 Å². The first-order valence-corrected chi connectivity index (χ1v) is 9.66. The van der Waals surface area contributed by atoms with E-state index in [1.807, 2.05) is 10.8 Å². The molecule has 8 heteroatoms. The van der Waals surface area contributed by atoms with Gasteiger partial charge in [-0.25, -0.2) is 8.42 Å². The summed E-state index contributed by atoms with van der Waals surface area (Å²) in [4.78, 5) is 14.1. The highest BCUT2D eigenvalue weighted by Crippen LogP contribution is 2.26. The van der Waals surface area contributed by atoms with Gasteiger partial charge in [0.15, 0.2) is 0 Å². The van der Waals surface area contributed by atoms with Gasteiger partial charge in [0, 0.05) is 25.0 Å². The molecular weight excluding hydrogens is 312 g/mol. The van der Waals surface area contributed by atoms with Crippen molar-refractivity contribution in [2.45, 2.75) is 18.6 Å². The van der Waals surface area contributed by atoms with Crippen molar-refractivity contribution in [2.24, 2.45) is 0 Å². The number of thiophene rings is 1. The Morgan fingerprint density at radius 2 is 2.24 bits per heavy atom. The van der Waals surface area contributed by atoms with Crippen molar-refractivity contribution in [3.8, 4) is 0 Å². The average Bonchev–Trinajstić information content (AvgIpc) is 2.98. The van der Waals surface area contributed by atoms with Gasteiger partial charge in [-0.15, -0.1) is 0 Å². The van der Waals surface area contributed by atoms with Crippen molar-refractivity contribution in [2.75, 3.05) is 32.5 Å². The summed E-state index contributed by atoms with van der Waals surface area (Å²) in [6.45, 7) is 1.78. The predicted octanol–water partition coefficient (Wildman–Crippen LogP) is 0.623. The SMILES string of the molecule is CS(=O)(=O)N1CCO[C@@H]2CCN(C(=O)c3ccsc3)C[C@H]21. The molecule has 0 bridgehead atoms. The zero-order valence-corrected chi connectivity index (χ0v) is 13.4. The van der Waals surface area contributed by atoms with Crippen LogP contribution in [-0.4, -0.2) is 68.2 Å². The third kappa shape index (κ3) is 2.98. The predicted molar refractivity (Wildman–Crippen MR) is 79.9 cm³/mol. The molecule has 0 unspecified atom stereocenters. The Balaban J connectivity index is 1.79. The number of sulfonamides is 1. The molecule has 3 heterocycles. The molecule has 1 aromatic heterocycles. The lowest BCUT2D eigenvalue weighted by atomic mass is 10.00. The summed E-state index contributed by atoms with van der Waals surface area (Å²) in [5, 5.41) is 3.69. The molecule has 2 fully saturated rings. The maximum atomic E-state index is 12.4. The molecular formula is C13H18N2O4S2. The summed E-state index contributed by atoms with van der Waals surface area (Å²) in [5.74, 6) is -0.0336. The molecule has 2 atom stereocenters. The van der Waals surface area contributed by atoms with Crippen molar-refractivity contribution in [1.82, 2.24) is 9.21 Å². The number of likely N-dealkylation sites (tertiary alicyclic amines) is 1. The molecule has 0 N–H and O–H groups in total. The third-order valence-corrected chi connectivity index (χ3v) is 6.00. The molecule has 6 nitrogen and oxygen atoms in total. The highest BCUT2D eigenvalue weighted by atomic mass is 32.2. The molecule has 2 aliphatic heterocycles. The summed E-state index contributed by atoms with van der Waals surface area (Å²) < 4.78 is 31.0. The Kier molecular flexibility index (Phi) is 4.04. The first-order chi connectivity index (χ1) is 9.97. The minimum absolute atomic E-state index is 0.0336. The minimum Gasteiger partial charge on any atom is -0.375 e. The highest BCUT2D eigenvalue weighted by molar-refractivity contribution is 7.88. The van der Waals surface area contributed by atoms with E-state index >= 15 is 0 Å². The first kappa shape index (κ1) is 15.0. The largest absolute Gasteiger partial charge is 0.375 e. The Bertz CT molecular complexity index is 614. The van der Waals surface area contributed by atoms with Gasteiger partial charge in [0.2, 0.25) is 10.0 Å². The van der Waals surface area contributed by atoms with Gasteiger partial charge in [-0.2, -0.15) is 15.6 Å². The van der Waals surface area contributed by atoms with Gasteiger partial charge in [-0.3, -0.25) is 4.79 Å². The number of nitrogens with zero attached hydrogens (tertiary/aromatic N) is 2. The van der Waals surface area contributed by atoms with Crippen LogP contribution in [-0.2, 0) is 14.8 Å². The summed E-state index contributed by atoms with van der Waals surface area (Å²) in [7, 11) is -3.28. The maximum absolute atomic E-state index is 12.4. The molecule has 21 heavy (non-hydrogen) atoms. The Hall–Kier alpha value is -0.960. The molecule has 1 amide bonds. The van der Waals surface area contributed by atoms with Crippen LogP contribution in [0.25, 0.3) is 0 Å². The maximum Gasteiger partial charge on any atom is 0.254 e. The van der Waals surface area contributed by atoms with Gasteiger partial charge in [-0.05, 0) is 17.9 Å². The summed E-state index contributed by atoms with van der Waals surface area (Å²) in [6.07, 6.45) is 1.78. The molecule has 2 aliphatic rings. The quantitative estimate of drug-likeness (QED) is 0.797. The smallest absolute Gasteiger partial charge is 0.254 e. The standard InChI is InChI=1S/C13H18N2O4S2/c1-21(17,18)15-5-6-19-12-2-4-14(8-11(12)15)13(16)10-3-7-20-9-10/h3,7,9,11-12H,2,4-6,8H2,1H3/t11-,12-/m1/s1. The fourth-order valence-corrected chi connectivity index (χ4v) is 4.74. The molecule has 3 rings (SSSR count). The second-order valence-electron chi connectivity index (χ2n) is 5.40. The van der Waals surface area contributed by atoms with E-state index in [4.69, 9.17) is 4.74 Å². The van der Waals surface area contributed by atoms with Gasteiger partial charge < -0.3 is 9.64 Å². The van der Waals surface area contributed by atoms with E-state index in [2.05, 4.69) is 0 Å². The minimum atomic E-state index is -3.28. The first-order valence-electron chi connectivity index (χ1n) is 6.87. The number of hydrogen-bond donors (Lipinski definition) is 0. The number of carbonyl (C=O) groups excluding carboxylic acids is 1. The van der Waals surface area contributed by atoms with E-state index in [1.165, 1.54) is 21.9 Å². The van der Waals surface area contributed by atoms with Crippen molar-refractivity contribution >= 4 is 27.3 Å². The molecule has 0 aromatic carbocycles. The average molecular weight is 330 g/mol. The van der Waals surface area contributed by atoms with Gasteiger partial charge >= 0.3 is 0 Å². The second-order valence-corrected chi connectivity index (χ2v) is 8.12. The monoisotopic (exact) mass is 330 g/mol. The fourth-order valence-electron chi connectivity index (χ4n) is 3.01. The number of fused-ring (bicyclic) bond motifs is 1. The lowest BCUT2D eigenvalue weighted by Crippen LogP contribution is -2.61. The molecule has 0 aliphatic carbocycles. The van der Waals surface area contributed by atoms with Crippen molar-refractivity contribution in [1.29, 1.82) is 0 Å². The summed E-state index contributed by atoms with van der Waals surface area (Å²) in [5.41, 5.74) is 0.668. The van der Waals surface area contributed by atoms with Gasteiger partial charge in [0.1, 0.15) is 0 Å². The number of rotatable bonds is 2. The number of piperidine rings is 1. The normalized spacial score (nSPS) is 27.4. The van der Waals surface area contributed by atoms with Crippen LogP contribution in [0.15, 0.2) is 16.8 Å². The van der Waals surface area contributed by atoms with Crippen LogP contribution in [0, 0.1) is 0 Å². The summed E-state index contributed by atoms with van der Waals surface area (Å²) >= 11 is 1.48.